The first-order valence-electron chi connectivity index (χ1n) is 8.93. The second-order valence-corrected chi connectivity index (χ2v) is 8.36. The van der Waals surface area contributed by atoms with Gasteiger partial charge in [-0.2, -0.15) is 0 Å². The summed E-state index contributed by atoms with van der Waals surface area (Å²) in [4.78, 5) is 28.9. The molecule has 24 heavy (non-hydrogen) atoms. The Balaban J connectivity index is 1.59. The standard InChI is InChI=1S/C18H28N4O2/c1-18(2,3)10-20-17(24)15-14-7-6-13(9-22(14)11-21-15)16(23)19-8-12-4-5-12/h11-13H,4-10H2,1-3H3,(H,19,23)(H,20,24). The van der Waals surface area contributed by atoms with E-state index in [0.29, 0.717) is 24.7 Å². The molecule has 0 radical (unpaired) electrons. The van der Waals surface area contributed by atoms with E-state index in [1.54, 1.807) is 6.33 Å². The van der Waals surface area contributed by atoms with Gasteiger partial charge in [-0.25, -0.2) is 4.98 Å². The van der Waals surface area contributed by atoms with E-state index in [4.69, 9.17) is 0 Å². The van der Waals surface area contributed by atoms with Crippen molar-refractivity contribution in [2.45, 2.75) is 53.0 Å². The van der Waals surface area contributed by atoms with E-state index in [0.717, 1.165) is 25.1 Å². The Labute approximate surface area is 143 Å². The SMILES string of the molecule is CC(C)(C)CNC(=O)c1ncn2c1CCC(C(=O)NCC1CC1)C2. The number of carbonyl (C=O) groups is 2. The van der Waals surface area contributed by atoms with Gasteiger partial charge in [0.05, 0.1) is 17.9 Å². The zero-order valence-corrected chi connectivity index (χ0v) is 14.9. The number of hydrogen-bond acceptors (Lipinski definition) is 3. The number of hydrogen-bond donors (Lipinski definition) is 2. The van der Waals surface area contributed by atoms with Crippen molar-refractivity contribution in [3.63, 3.8) is 0 Å². The molecule has 3 rings (SSSR count). The molecular weight excluding hydrogens is 304 g/mol. The number of nitrogens with one attached hydrogen (secondary N) is 2. The summed E-state index contributed by atoms with van der Waals surface area (Å²) in [6.45, 7) is 8.30. The smallest absolute Gasteiger partial charge is 0.271 e. The molecule has 0 bridgehead atoms. The summed E-state index contributed by atoms with van der Waals surface area (Å²) in [5.74, 6) is 0.700. The Bertz CT molecular complexity index is 625. The quantitative estimate of drug-likeness (QED) is 0.862. The van der Waals surface area contributed by atoms with Crippen molar-refractivity contribution in [1.82, 2.24) is 20.2 Å². The average molecular weight is 332 g/mol. The Hall–Kier alpha value is -1.85. The molecule has 0 aromatic carbocycles. The predicted molar refractivity (Wildman–Crippen MR) is 91.6 cm³/mol. The molecule has 0 saturated heterocycles. The highest BCUT2D eigenvalue weighted by molar-refractivity contribution is 5.93. The topological polar surface area (TPSA) is 76.0 Å². The molecule has 6 heteroatoms. The maximum Gasteiger partial charge on any atom is 0.271 e. The van der Waals surface area contributed by atoms with Crippen molar-refractivity contribution in [2.75, 3.05) is 13.1 Å². The summed E-state index contributed by atoms with van der Waals surface area (Å²) < 4.78 is 1.97. The van der Waals surface area contributed by atoms with Crippen LogP contribution in [0, 0.1) is 17.3 Å². The van der Waals surface area contributed by atoms with Crippen LogP contribution < -0.4 is 10.6 Å². The Morgan fingerprint density at radius 2 is 2.00 bits per heavy atom. The molecule has 1 aliphatic carbocycles. The molecule has 1 aromatic rings. The minimum atomic E-state index is -0.115. The van der Waals surface area contributed by atoms with Gasteiger partial charge in [0.15, 0.2) is 0 Å². The van der Waals surface area contributed by atoms with Crippen LogP contribution in [0.3, 0.4) is 0 Å². The first-order valence-corrected chi connectivity index (χ1v) is 8.93. The third-order valence-corrected chi connectivity index (χ3v) is 4.72. The molecule has 2 amide bonds. The molecule has 1 fully saturated rings. The highest BCUT2D eigenvalue weighted by Gasteiger charge is 2.30. The van der Waals surface area contributed by atoms with Crippen molar-refractivity contribution in [3.8, 4) is 0 Å². The van der Waals surface area contributed by atoms with Gasteiger partial charge in [-0.1, -0.05) is 20.8 Å². The van der Waals surface area contributed by atoms with Crippen molar-refractivity contribution in [1.29, 1.82) is 0 Å². The second kappa shape index (κ2) is 6.57. The molecule has 1 unspecified atom stereocenters. The van der Waals surface area contributed by atoms with Crippen molar-refractivity contribution < 1.29 is 9.59 Å². The number of carbonyl (C=O) groups excluding carboxylic acids is 2. The summed E-state index contributed by atoms with van der Waals surface area (Å²) in [6, 6.07) is 0. The van der Waals surface area contributed by atoms with E-state index in [1.165, 1.54) is 12.8 Å². The van der Waals surface area contributed by atoms with Crippen LogP contribution >= 0.6 is 0 Å². The maximum absolute atomic E-state index is 12.4. The number of nitrogens with zero attached hydrogens (tertiary/aromatic N) is 2. The molecule has 0 spiro atoms. The first-order chi connectivity index (χ1) is 11.3. The largest absolute Gasteiger partial charge is 0.356 e. The molecule has 1 atom stereocenters. The molecular formula is C18H28N4O2. The van der Waals surface area contributed by atoms with Gasteiger partial charge in [0, 0.05) is 19.6 Å². The van der Waals surface area contributed by atoms with E-state index in [9.17, 15) is 9.59 Å². The Morgan fingerprint density at radius 3 is 2.67 bits per heavy atom. The highest BCUT2D eigenvalue weighted by atomic mass is 16.2. The number of aromatic nitrogens is 2. The van der Waals surface area contributed by atoms with Crippen LogP contribution in [0.1, 0.15) is 56.2 Å². The minimum absolute atomic E-state index is 0.0177. The van der Waals surface area contributed by atoms with Gasteiger partial charge < -0.3 is 15.2 Å². The lowest BCUT2D eigenvalue weighted by Crippen LogP contribution is -2.37. The van der Waals surface area contributed by atoms with Gasteiger partial charge >= 0.3 is 0 Å². The van der Waals surface area contributed by atoms with Crippen LogP contribution in [0.5, 0.6) is 0 Å². The molecule has 2 N–H and O–H groups in total. The van der Waals surface area contributed by atoms with Crippen molar-refractivity contribution in [2.24, 2.45) is 17.3 Å². The zero-order valence-electron chi connectivity index (χ0n) is 14.9. The Morgan fingerprint density at radius 1 is 1.25 bits per heavy atom. The lowest BCUT2D eigenvalue weighted by molar-refractivity contribution is -0.126. The molecule has 6 nitrogen and oxygen atoms in total. The van der Waals surface area contributed by atoms with Gasteiger partial charge in [-0.3, -0.25) is 9.59 Å². The minimum Gasteiger partial charge on any atom is -0.356 e. The summed E-state index contributed by atoms with van der Waals surface area (Å²) in [5.41, 5.74) is 1.50. The number of imidazole rings is 1. The van der Waals surface area contributed by atoms with Crippen LogP contribution in [0.15, 0.2) is 6.33 Å². The van der Waals surface area contributed by atoms with Gasteiger partial charge in [0.1, 0.15) is 5.69 Å². The van der Waals surface area contributed by atoms with Gasteiger partial charge in [-0.15, -0.1) is 0 Å². The normalized spacial score (nSPS) is 20.4. The first kappa shape index (κ1) is 17.0. The third-order valence-electron chi connectivity index (χ3n) is 4.72. The van der Waals surface area contributed by atoms with E-state index in [2.05, 4.69) is 36.4 Å². The fourth-order valence-corrected chi connectivity index (χ4v) is 3.01. The molecule has 2 aliphatic rings. The summed E-state index contributed by atoms with van der Waals surface area (Å²) in [7, 11) is 0. The van der Waals surface area contributed by atoms with E-state index >= 15 is 0 Å². The molecule has 1 aromatic heterocycles. The van der Waals surface area contributed by atoms with Gasteiger partial charge in [-0.05, 0) is 37.0 Å². The lowest BCUT2D eigenvalue weighted by Gasteiger charge is -2.24. The zero-order chi connectivity index (χ0) is 17.3. The van der Waals surface area contributed by atoms with E-state index in [1.807, 2.05) is 4.57 Å². The third kappa shape index (κ3) is 4.16. The fourth-order valence-electron chi connectivity index (χ4n) is 3.01. The van der Waals surface area contributed by atoms with Crippen molar-refractivity contribution in [3.05, 3.63) is 17.7 Å². The monoisotopic (exact) mass is 332 g/mol. The molecule has 2 heterocycles. The lowest BCUT2D eigenvalue weighted by atomic mass is 9.95. The van der Waals surface area contributed by atoms with Crippen LogP contribution in [0.25, 0.3) is 0 Å². The van der Waals surface area contributed by atoms with E-state index < -0.39 is 0 Å². The van der Waals surface area contributed by atoms with Gasteiger partial charge in [0.2, 0.25) is 5.91 Å². The second-order valence-electron chi connectivity index (χ2n) is 8.36. The van der Waals surface area contributed by atoms with E-state index in [-0.39, 0.29) is 23.1 Å². The van der Waals surface area contributed by atoms with Crippen LogP contribution in [-0.4, -0.2) is 34.5 Å². The van der Waals surface area contributed by atoms with Crippen LogP contribution in [0.2, 0.25) is 0 Å². The van der Waals surface area contributed by atoms with Crippen LogP contribution in [0.4, 0.5) is 0 Å². The molecule has 1 aliphatic heterocycles. The number of fused-ring (bicyclic) bond motifs is 1. The molecule has 132 valence electrons. The Kier molecular flexibility index (Phi) is 4.65. The summed E-state index contributed by atoms with van der Waals surface area (Å²) >= 11 is 0. The maximum atomic E-state index is 12.4. The number of rotatable bonds is 5. The predicted octanol–water partition coefficient (Wildman–Crippen LogP) is 1.75. The van der Waals surface area contributed by atoms with Crippen LogP contribution in [-0.2, 0) is 17.8 Å². The number of amides is 2. The molecule has 1 saturated carbocycles. The summed E-state index contributed by atoms with van der Waals surface area (Å²) in [5, 5.41) is 6.01. The average Bonchev–Trinajstić information content (AvgIpc) is 3.26. The summed E-state index contributed by atoms with van der Waals surface area (Å²) in [6.07, 6.45) is 5.68. The highest BCUT2D eigenvalue weighted by Crippen LogP contribution is 2.28. The van der Waals surface area contributed by atoms with Gasteiger partial charge in [0.25, 0.3) is 5.91 Å². The van der Waals surface area contributed by atoms with Crippen molar-refractivity contribution >= 4 is 11.8 Å². The fraction of sp³-hybridized carbons (Fsp3) is 0.722.